The Morgan fingerprint density at radius 2 is 2.03 bits per heavy atom. The molecule has 0 unspecified atom stereocenters. The summed E-state index contributed by atoms with van der Waals surface area (Å²) >= 11 is 0. The van der Waals surface area contributed by atoms with Crippen LogP contribution >= 0.6 is 0 Å². The summed E-state index contributed by atoms with van der Waals surface area (Å²) < 4.78 is 46.5. The molecular weight excluding hydrogens is 413 g/mol. The Bertz CT molecular complexity index is 1210. The Morgan fingerprint density at radius 3 is 2.81 bits per heavy atom. The summed E-state index contributed by atoms with van der Waals surface area (Å²) in [5.74, 6) is 0.914. The van der Waals surface area contributed by atoms with Gasteiger partial charge in [-0.2, -0.15) is 18.3 Å². The fourth-order valence-electron chi connectivity index (χ4n) is 3.73. The fraction of sp³-hybridized carbons (Fsp3) is 0.316. The van der Waals surface area contributed by atoms with E-state index in [1.165, 1.54) is 10.6 Å². The molecule has 0 aliphatic carbocycles. The topological polar surface area (TPSA) is 97.1 Å². The molecule has 1 fully saturated rings. The molecule has 9 nitrogen and oxygen atoms in total. The van der Waals surface area contributed by atoms with Crippen molar-refractivity contribution in [2.24, 2.45) is 0 Å². The highest BCUT2D eigenvalue weighted by Gasteiger charge is 2.34. The van der Waals surface area contributed by atoms with Gasteiger partial charge in [-0.05, 0) is 13.0 Å². The SMILES string of the molecule is C[C@H]1[C@H](c2cn[nH]c2)OCCN1c1ccnc(-c2cnc3cnc(C(F)(F)F)cn23)n1. The van der Waals surface area contributed by atoms with Crippen LogP contribution in [0.3, 0.4) is 0 Å². The van der Waals surface area contributed by atoms with Gasteiger partial charge in [0.05, 0.1) is 31.2 Å². The van der Waals surface area contributed by atoms with Gasteiger partial charge in [0.25, 0.3) is 0 Å². The Kier molecular flexibility index (Phi) is 4.58. The van der Waals surface area contributed by atoms with E-state index >= 15 is 0 Å². The molecule has 0 saturated carbocycles. The zero-order chi connectivity index (χ0) is 21.6. The van der Waals surface area contributed by atoms with Gasteiger partial charge < -0.3 is 9.64 Å². The zero-order valence-electron chi connectivity index (χ0n) is 16.3. The number of halogens is 3. The standard InChI is InChI=1S/C19H17F3N8O/c1-11-17(12-6-26-27-7-12)31-5-4-29(11)15-2-3-23-18(28-15)13-8-25-16-9-24-14(10-30(13)16)19(20,21)22/h2-3,6-11,17H,4-5H2,1H3,(H,26,27)/t11-,17+/m0/s1. The number of aromatic amines is 1. The maximum Gasteiger partial charge on any atom is 0.434 e. The summed E-state index contributed by atoms with van der Waals surface area (Å²) in [7, 11) is 0. The second kappa shape index (κ2) is 7.30. The van der Waals surface area contributed by atoms with Crippen molar-refractivity contribution in [2.75, 3.05) is 18.1 Å². The molecule has 0 radical (unpaired) electrons. The van der Waals surface area contributed by atoms with Crippen molar-refractivity contribution in [2.45, 2.75) is 25.2 Å². The van der Waals surface area contributed by atoms with Gasteiger partial charge in [0.2, 0.25) is 0 Å². The van der Waals surface area contributed by atoms with Crippen LogP contribution in [-0.4, -0.2) is 53.7 Å². The summed E-state index contributed by atoms with van der Waals surface area (Å²) in [5, 5.41) is 6.78. The lowest BCUT2D eigenvalue weighted by Gasteiger charge is -2.39. The second-order valence-electron chi connectivity index (χ2n) is 7.14. The number of hydrogen-bond donors (Lipinski definition) is 1. The van der Waals surface area contributed by atoms with E-state index in [4.69, 9.17) is 4.74 Å². The average molecular weight is 430 g/mol. The normalized spacial score (nSPS) is 19.8. The van der Waals surface area contributed by atoms with E-state index in [1.807, 2.05) is 6.92 Å². The highest BCUT2D eigenvalue weighted by atomic mass is 19.4. The number of alkyl halides is 3. The van der Waals surface area contributed by atoms with Crippen molar-refractivity contribution >= 4 is 11.5 Å². The minimum absolute atomic E-state index is 0.0442. The second-order valence-corrected chi connectivity index (χ2v) is 7.14. The molecule has 5 heterocycles. The van der Waals surface area contributed by atoms with Crippen molar-refractivity contribution in [1.82, 2.24) is 34.5 Å². The third-order valence-electron chi connectivity index (χ3n) is 5.26. The molecule has 0 bridgehead atoms. The minimum Gasteiger partial charge on any atom is -0.369 e. The van der Waals surface area contributed by atoms with E-state index in [0.717, 1.165) is 18.0 Å². The van der Waals surface area contributed by atoms with Crippen molar-refractivity contribution in [3.8, 4) is 11.5 Å². The third-order valence-corrected chi connectivity index (χ3v) is 5.26. The van der Waals surface area contributed by atoms with Crippen LogP contribution in [0, 0.1) is 0 Å². The molecule has 12 heteroatoms. The van der Waals surface area contributed by atoms with Crippen LogP contribution in [0.15, 0.2) is 43.2 Å². The number of aromatic nitrogens is 7. The van der Waals surface area contributed by atoms with E-state index in [2.05, 4.69) is 35.0 Å². The maximum atomic E-state index is 13.1. The van der Waals surface area contributed by atoms with Gasteiger partial charge in [-0.1, -0.05) is 0 Å². The summed E-state index contributed by atoms with van der Waals surface area (Å²) in [4.78, 5) is 18.5. The van der Waals surface area contributed by atoms with Crippen LogP contribution in [0.4, 0.5) is 19.0 Å². The van der Waals surface area contributed by atoms with Gasteiger partial charge in [-0.3, -0.25) is 9.50 Å². The number of nitrogens with zero attached hydrogens (tertiary/aromatic N) is 7. The van der Waals surface area contributed by atoms with Crippen LogP contribution in [0.1, 0.15) is 24.3 Å². The number of hydrogen-bond acceptors (Lipinski definition) is 7. The Labute approximate surface area is 173 Å². The van der Waals surface area contributed by atoms with Crippen molar-refractivity contribution in [1.29, 1.82) is 0 Å². The lowest BCUT2D eigenvalue weighted by Crippen LogP contribution is -2.46. The monoisotopic (exact) mass is 430 g/mol. The number of morpholine rings is 1. The van der Waals surface area contributed by atoms with Crippen molar-refractivity contribution in [3.05, 3.63) is 54.5 Å². The molecule has 4 aromatic rings. The first kappa shape index (κ1) is 19.4. The van der Waals surface area contributed by atoms with Crippen LogP contribution in [0.2, 0.25) is 0 Å². The van der Waals surface area contributed by atoms with Crippen LogP contribution in [0.5, 0.6) is 0 Å². The molecule has 1 aliphatic rings. The number of imidazole rings is 1. The number of anilines is 1. The zero-order valence-corrected chi connectivity index (χ0v) is 16.3. The van der Waals surface area contributed by atoms with Crippen molar-refractivity contribution in [3.63, 3.8) is 0 Å². The maximum absolute atomic E-state index is 13.1. The average Bonchev–Trinajstić information content (AvgIpc) is 3.43. The number of ether oxygens (including phenoxy) is 1. The van der Waals surface area contributed by atoms with E-state index < -0.39 is 11.9 Å². The number of fused-ring (bicyclic) bond motifs is 1. The first-order chi connectivity index (χ1) is 14.9. The Morgan fingerprint density at radius 1 is 1.16 bits per heavy atom. The van der Waals surface area contributed by atoms with Crippen LogP contribution < -0.4 is 4.90 Å². The van der Waals surface area contributed by atoms with Gasteiger partial charge in [0.1, 0.15) is 17.6 Å². The number of rotatable bonds is 3. The predicted octanol–water partition coefficient (Wildman–Crippen LogP) is 2.89. The van der Waals surface area contributed by atoms with Crippen LogP contribution in [0.25, 0.3) is 17.2 Å². The lowest BCUT2D eigenvalue weighted by molar-refractivity contribution is -0.141. The first-order valence-electron chi connectivity index (χ1n) is 9.52. The number of nitrogens with one attached hydrogen (secondary N) is 1. The highest BCUT2D eigenvalue weighted by Crippen LogP contribution is 2.32. The fourth-order valence-corrected chi connectivity index (χ4v) is 3.73. The smallest absolute Gasteiger partial charge is 0.369 e. The van der Waals surface area contributed by atoms with E-state index in [9.17, 15) is 13.2 Å². The molecule has 1 saturated heterocycles. The first-order valence-corrected chi connectivity index (χ1v) is 9.52. The quantitative estimate of drug-likeness (QED) is 0.534. The molecule has 1 N–H and O–H groups in total. The lowest BCUT2D eigenvalue weighted by atomic mass is 10.0. The van der Waals surface area contributed by atoms with E-state index in [0.29, 0.717) is 24.7 Å². The van der Waals surface area contributed by atoms with Crippen molar-refractivity contribution < 1.29 is 17.9 Å². The van der Waals surface area contributed by atoms with Gasteiger partial charge in [-0.15, -0.1) is 0 Å². The third kappa shape index (κ3) is 3.48. The molecular formula is C19H17F3N8O. The molecule has 31 heavy (non-hydrogen) atoms. The summed E-state index contributed by atoms with van der Waals surface area (Å²) in [6.07, 6.45) is 3.76. The molecule has 0 spiro atoms. The predicted molar refractivity (Wildman–Crippen MR) is 103 cm³/mol. The van der Waals surface area contributed by atoms with E-state index in [1.54, 1.807) is 24.7 Å². The molecule has 160 valence electrons. The summed E-state index contributed by atoms with van der Waals surface area (Å²) in [6, 6.07) is 1.72. The van der Waals surface area contributed by atoms with E-state index in [-0.39, 0.29) is 23.6 Å². The molecule has 2 atom stereocenters. The van der Waals surface area contributed by atoms with Gasteiger partial charge in [0, 0.05) is 30.7 Å². The molecule has 0 aromatic carbocycles. The molecule has 0 amide bonds. The molecule has 5 rings (SSSR count). The number of H-pyrrole nitrogens is 1. The molecule has 4 aromatic heterocycles. The van der Waals surface area contributed by atoms with Gasteiger partial charge in [-0.25, -0.2) is 19.9 Å². The Balaban J connectivity index is 1.51. The largest absolute Gasteiger partial charge is 0.434 e. The van der Waals surface area contributed by atoms with Gasteiger partial charge >= 0.3 is 6.18 Å². The minimum atomic E-state index is -4.57. The Hall–Kier alpha value is -3.54. The molecule has 1 aliphatic heterocycles. The highest BCUT2D eigenvalue weighted by molar-refractivity contribution is 5.58. The van der Waals surface area contributed by atoms with Gasteiger partial charge in [0.15, 0.2) is 17.2 Å². The summed E-state index contributed by atoms with van der Waals surface area (Å²) in [5.41, 5.74) is 0.536. The van der Waals surface area contributed by atoms with Crippen LogP contribution in [-0.2, 0) is 10.9 Å². The summed E-state index contributed by atoms with van der Waals surface area (Å²) in [6.45, 7) is 3.13.